The monoisotopic (exact) mass is 217 g/mol. The Morgan fingerprint density at radius 2 is 1.07 bits per heavy atom. The van der Waals surface area contributed by atoms with Gasteiger partial charge in [0.25, 0.3) is 0 Å². The van der Waals surface area contributed by atoms with E-state index in [1.165, 1.54) is 6.42 Å². The van der Waals surface area contributed by atoms with Crippen LogP contribution in [0.1, 0.15) is 12.8 Å². The van der Waals surface area contributed by atoms with Gasteiger partial charge in [-0.05, 0) is 25.9 Å². The van der Waals surface area contributed by atoms with E-state index in [2.05, 4.69) is 16.0 Å². The summed E-state index contributed by atoms with van der Waals surface area (Å²) in [6, 6.07) is 0. The Kier molecular flexibility index (Phi) is 13.6. The first kappa shape index (κ1) is 14.8. The summed E-state index contributed by atoms with van der Waals surface area (Å²) in [6.45, 7) is 7.53. The van der Waals surface area contributed by atoms with Gasteiger partial charge in [-0.25, -0.2) is 0 Å². The van der Waals surface area contributed by atoms with Crippen LogP contribution in [0, 0.1) is 0 Å². The average molecular weight is 217 g/mol. The van der Waals surface area contributed by atoms with Gasteiger partial charge >= 0.3 is 0 Å². The van der Waals surface area contributed by atoms with Gasteiger partial charge in [-0.3, -0.25) is 0 Å². The highest BCUT2D eigenvalue weighted by Crippen LogP contribution is 1.80. The zero-order chi connectivity index (χ0) is 11.2. The molecule has 0 aromatic carbocycles. The van der Waals surface area contributed by atoms with Gasteiger partial charge in [-0.1, -0.05) is 0 Å². The van der Waals surface area contributed by atoms with Crippen LogP contribution < -0.4 is 27.4 Å². The molecule has 0 aliphatic heterocycles. The summed E-state index contributed by atoms with van der Waals surface area (Å²) in [5, 5.41) is 9.94. The summed E-state index contributed by atoms with van der Waals surface area (Å²) in [5.74, 6) is 0. The molecule has 5 heteroatoms. The molecule has 0 aliphatic carbocycles. The summed E-state index contributed by atoms with van der Waals surface area (Å²) >= 11 is 0. The van der Waals surface area contributed by atoms with Crippen LogP contribution in [0.2, 0.25) is 0 Å². The Hall–Kier alpha value is -0.200. The minimum absolute atomic E-state index is 0.711. The molecule has 0 bridgehead atoms. The summed E-state index contributed by atoms with van der Waals surface area (Å²) in [5.41, 5.74) is 10.7. The normalized spacial score (nSPS) is 10.8. The molecule has 0 unspecified atom stereocenters. The fraction of sp³-hybridized carbons (Fsp3) is 1.00. The lowest BCUT2D eigenvalue weighted by atomic mass is 10.3. The van der Waals surface area contributed by atoms with Crippen LogP contribution >= 0.6 is 0 Å². The molecule has 0 atom stereocenters. The molecule has 0 radical (unpaired) electrons. The van der Waals surface area contributed by atoms with E-state index in [1.807, 2.05) is 0 Å². The first-order valence-electron chi connectivity index (χ1n) is 5.94. The van der Waals surface area contributed by atoms with Crippen molar-refractivity contribution in [2.24, 2.45) is 11.5 Å². The second-order valence-corrected chi connectivity index (χ2v) is 3.53. The standard InChI is InChI=1S/C10H27N5/c11-3-1-2-5-13-7-9-15-10-8-14-6-4-12/h13-15H,1-12H2. The molecule has 0 heterocycles. The molecular weight excluding hydrogens is 190 g/mol. The number of hydrogen-bond donors (Lipinski definition) is 5. The van der Waals surface area contributed by atoms with Gasteiger partial charge in [0.1, 0.15) is 0 Å². The second-order valence-electron chi connectivity index (χ2n) is 3.53. The molecular formula is C10H27N5. The summed E-state index contributed by atoms with van der Waals surface area (Å²) < 4.78 is 0. The lowest BCUT2D eigenvalue weighted by Crippen LogP contribution is -2.34. The molecule has 0 fully saturated rings. The molecule has 0 spiro atoms. The van der Waals surface area contributed by atoms with Crippen molar-refractivity contribution in [1.29, 1.82) is 0 Å². The summed E-state index contributed by atoms with van der Waals surface area (Å²) in [4.78, 5) is 0. The van der Waals surface area contributed by atoms with Gasteiger partial charge in [-0.15, -0.1) is 0 Å². The SMILES string of the molecule is NCCCCNCCNCCNCCN. The molecule has 7 N–H and O–H groups in total. The minimum atomic E-state index is 0.711. The number of nitrogens with two attached hydrogens (primary N) is 2. The summed E-state index contributed by atoms with van der Waals surface area (Å²) in [6.07, 6.45) is 2.29. The van der Waals surface area contributed by atoms with Gasteiger partial charge in [0.15, 0.2) is 0 Å². The van der Waals surface area contributed by atoms with E-state index in [-0.39, 0.29) is 0 Å². The Bertz CT molecular complexity index is 98.0. The van der Waals surface area contributed by atoms with Crippen molar-refractivity contribution < 1.29 is 0 Å². The van der Waals surface area contributed by atoms with Crippen molar-refractivity contribution in [1.82, 2.24) is 16.0 Å². The van der Waals surface area contributed by atoms with E-state index in [1.54, 1.807) is 0 Å². The lowest BCUT2D eigenvalue weighted by molar-refractivity contribution is 0.570. The molecule has 5 nitrogen and oxygen atoms in total. The molecule has 0 aromatic heterocycles. The third-order valence-electron chi connectivity index (χ3n) is 2.09. The Morgan fingerprint density at radius 1 is 0.533 bits per heavy atom. The third-order valence-corrected chi connectivity index (χ3v) is 2.09. The van der Waals surface area contributed by atoms with E-state index < -0.39 is 0 Å². The third kappa shape index (κ3) is 13.8. The first-order chi connectivity index (χ1) is 7.41. The van der Waals surface area contributed by atoms with Crippen LogP contribution in [0.4, 0.5) is 0 Å². The molecule has 92 valence electrons. The zero-order valence-corrected chi connectivity index (χ0v) is 9.73. The molecule has 0 rings (SSSR count). The van der Waals surface area contributed by atoms with Crippen LogP contribution in [0.15, 0.2) is 0 Å². The first-order valence-corrected chi connectivity index (χ1v) is 5.94. The van der Waals surface area contributed by atoms with Crippen molar-refractivity contribution in [3.05, 3.63) is 0 Å². The fourth-order valence-corrected chi connectivity index (χ4v) is 1.22. The molecule has 0 aliphatic rings. The maximum absolute atomic E-state index is 5.39. The van der Waals surface area contributed by atoms with Gasteiger partial charge in [0, 0.05) is 39.3 Å². The second kappa shape index (κ2) is 13.8. The number of hydrogen-bond acceptors (Lipinski definition) is 5. The van der Waals surface area contributed by atoms with Crippen molar-refractivity contribution in [3.63, 3.8) is 0 Å². The molecule has 0 saturated carbocycles. The van der Waals surface area contributed by atoms with Crippen LogP contribution in [-0.4, -0.2) is 52.4 Å². The molecule has 0 aromatic rings. The topological polar surface area (TPSA) is 88.1 Å². The van der Waals surface area contributed by atoms with E-state index in [4.69, 9.17) is 11.5 Å². The Labute approximate surface area is 93.4 Å². The van der Waals surface area contributed by atoms with Gasteiger partial charge in [0.05, 0.1) is 0 Å². The van der Waals surface area contributed by atoms with E-state index >= 15 is 0 Å². The fourth-order valence-electron chi connectivity index (χ4n) is 1.22. The highest BCUT2D eigenvalue weighted by atomic mass is 15.0. The molecule has 0 amide bonds. The van der Waals surface area contributed by atoms with Crippen molar-refractivity contribution in [2.45, 2.75) is 12.8 Å². The van der Waals surface area contributed by atoms with Crippen LogP contribution in [0.5, 0.6) is 0 Å². The minimum Gasteiger partial charge on any atom is -0.330 e. The maximum atomic E-state index is 5.39. The van der Waals surface area contributed by atoms with Crippen LogP contribution in [-0.2, 0) is 0 Å². The molecule has 0 saturated heterocycles. The Morgan fingerprint density at radius 3 is 1.60 bits per heavy atom. The van der Waals surface area contributed by atoms with Gasteiger partial charge in [0.2, 0.25) is 0 Å². The van der Waals surface area contributed by atoms with Crippen LogP contribution in [0.25, 0.3) is 0 Å². The van der Waals surface area contributed by atoms with Gasteiger partial charge < -0.3 is 27.4 Å². The highest BCUT2D eigenvalue weighted by molar-refractivity contribution is 4.55. The van der Waals surface area contributed by atoms with E-state index in [0.29, 0.717) is 6.54 Å². The number of nitrogens with one attached hydrogen (secondary N) is 3. The lowest BCUT2D eigenvalue weighted by Gasteiger charge is -2.06. The summed E-state index contributed by atoms with van der Waals surface area (Å²) in [7, 11) is 0. The number of unbranched alkanes of at least 4 members (excludes halogenated alkanes) is 1. The smallest absolute Gasteiger partial charge is 0.00772 e. The van der Waals surface area contributed by atoms with Crippen LogP contribution in [0.3, 0.4) is 0 Å². The largest absolute Gasteiger partial charge is 0.330 e. The van der Waals surface area contributed by atoms with Crippen molar-refractivity contribution in [2.75, 3.05) is 52.4 Å². The Balaban J connectivity index is 2.81. The van der Waals surface area contributed by atoms with Crippen molar-refractivity contribution >= 4 is 0 Å². The van der Waals surface area contributed by atoms with Gasteiger partial charge in [-0.2, -0.15) is 0 Å². The van der Waals surface area contributed by atoms with E-state index in [9.17, 15) is 0 Å². The van der Waals surface area contributed by atoms with Crippen molar-refractivity contribution in [3.8, 4) is 0 Å². The maximum Gasteiger partial charge on any atom is 0.00772 e. The predicted molar refractivity (Wildman–Crippen MR) is 66.0 cm³/mol. The average Bonchev–Trinajstić information content (AvgIpc) is 2.26. The highest BCUT2D eigenvalue weighted by Gasteiger charge is 1.88. The quantitative estimate of drug-likeness (QED) is 0.256. The zero-order valence-electron chi connectivity index (χ0n) is 9.73. The molecule has 15 heavy (non-hydrogen) atoms. The number of rotatable bonds is 12. The van der Waals surface area contributed by atoms with E-state index in [0.717, 1.165) is 52.2 Å². The predicted octanol–water partition coefficient (Wildman–Crippen LogP) is -1.55.